The lowest BCUT2D eigenvalue weighted by Gasteiger charge is -2.19. The molecule has 10 nitrogen and oxygen atoms in total. The summed E-state index contributed by atoms with van der Waals surface area (Å²) in [6.45, 7) is 0.391. The van der Waals surface area contributed by atoms with Crippen molar-refractivity contribution in [2.24, 2.45) is 0 Å². The molecule has 0 radical (unpaired) electrons. The van der Waals surface area contributed by atoms with E-state index >= 15 is 0 Å². The predicted octanol–water partition coefficient (Wildman–Crippen LogP) is 6.65. The monoisotopic (exact) mass is 604 g/mol. The molecule has 0 N–H and O–H groups in total. The maximum Gasteiger partial charge on any atom is 0.315 e. The predicted molar refractivity (Wildman–Crippen MR) is 164 cm³/mol. The Bertz CT molecular complexity index is 2260. The van der Waals surface area contributed by atoms with Gasteiger partial charge >= 0.3 is 5.97 Å². The Hall–Kier alpha value is -5.77. The molecule has 3 heterocycles. The number of carbonyl (C=O) groups is 1. The Morgan fingerprint density at radius 2 is 1.09 bits per heavy atom. The van der Waals surface area contributed by atoms with E-state index in [0.29, 0.717) is 51.7 Å². The summed E-state index contributed by atoms with van der Waals surface area (Å²) < 4.78 is 51.7. The molecule has 3 aliphatic rings. The highest BCUT2D eigenvalue weighted by atomic mass is 16.7. The van der Waals surface area contributed by atoms with Crippen molar-refractivity contribution >= 4 is 49.1 Å². The van der Waals surface area contributed by atoms with Crippen LogP contribution in [0.3, 0.4) is 0 Å². The zero-order valence-corrected chi connectivity index (χ0v) is 24.2. The summed E-state index contributed by atoms with van der Waals surface area (Å²) in [6, 6.07) is 18.9. The van der Waals surface area contributed by atoms with E-state index in [1.165, 1.54) is 0 Å². The lowest BCUT2D eigenvalue weighted by atomic mass is 9.89. The molecule has 0 aliphatic carbocycles. The molecular formula is C35H24O10. The number of hydrogen-bond acceptors (Lipinski definition) is 10. The Morgan fingerprint density at radius 3 is 1.78 bits per heavy atom. The van der Waals surface area contributed by atoms with E-state index in [1.807, 2.05) is 48.5 Å². The summed E-state index contributed by atoms with van der Waals surface area (Å²) in [5.74, 6) is 4.83. The number of rotatable bonds is 5. The number of methoxy groups -OCH3 is 2. The lowest BCUT2D eigenvalue weighted by Crippen LogP contribution is -2.11. The molecule has 0 fully saturated rings. The van der Waals surface area contributed by atoms with Gasteiger partial charge in [0.15, 0.2) is 46.0 Å². The van der Waals surface area contributed by atoms with Crippen molar-refractivity contribution in [2.75, 3.05) is 34.6 Å². The molecule has 224 valence electrons. The number of carbonyl (C=O) groups excluding carboxylic acids is 1. The van der Waals surface area contributed by atoms with Crippen LogP contribution in [0.15, 0.2) is 60.7 Å². The first-order valence-corrected chi connectivity index (χ1v) is 14.3. The molecular weight excluding hydrogens is 580 g/mol. The van der Waals surface area contributed by atoms with Crippen LogP contribution in [0.2, 0.25) is 0 Å². The highest BCUT2D eigenvalue weighted by molar-refractivity contribution is 6.34. The van der Waals surface area contributed by atoms with Gasteiger partial charge in [-0.2, -0.15) is 0 Å². The van der Waals surface area contributed by atoms with Crippen LogP contribution in [0.4, 0.5) is 0 Å². The second kappa shape index (κ2) is 9.62. The van der Waals surface area contributed by atoms with Crippen LogP contribution < -0.4 is 42.6 Å². The fourth-order valence-corrected chi connectivity index (χ4v) is 6.45. The molecule has 0 atom stereocenters. The first-order valence-electron chi connectivity index (χ1n) is 14.3. The van der Waals surface area contributed by atoms with Crippen LogP contribution in [0.5, 0.6) is 51.7 Å². The third kappa shape index (κ3) is 3.91. The van der Waals surface area contributed by atoms with Crippen molar-refractivity contribution in [3.63, 3.8) is 0 Å². The minimum absolute atomic E-state index is 0.0280. The standard InChI is InChI=1S/C35H24O10/c1-37-25-10-20-21-11-30-31(44-16-43-30)13-23(21)35-32(45-33(36)6-17-3-4-24-27(5-17)40-14-39-24)8-18-7-28-29(42-15-41-28)9-19(18)34(35)22(20)12-26(25)38-2/h3-5,7-13H,6,14-16H2,1-2H3. The Balaban J connectivity index is 1.34. The summed E-state index contributed by atoms with van der Waals surface area (Å²) >= 11 is 0. The summed E-state index contributed by atoms with van der Waals surface area (Å²) in [6.07, 6.45) is 0.0280. The van der Waals surface area contributed by atoms with Gasteiger partial charge in [0.25, 0.3) is 0 Å². The van der Waals surface area contributed by atoms with Crippen LogP contribution >= 0.6 is 0 Å². The second-order valence-corrected chi connectivity index (χ2v) is 10.9. The van der Waals surface area contributed by atoms with Crippen molar-refractivity contribution in [3.8, 4) is 51.7 Å². The molecule has 6 aromatic carbocycles. The smallest absolute Gasteiger partial charge is 0.315 e. The number of hydrogen-bond donors (Lipinski definition) is 0. The molecule has 0 saturated carbocycles. The topological polar surface area (TPSA) is 100 Å². The number of benzene rings is 6. The second-order valence-electron chi connectivity index (χ2n) is 10.9. The third-order valence-electron chi connectivity index (χ3n) is 8.47. The van der Waals surface area contributed by atoms with E-state index in [2.05, 4.69) is 0 Å². The SMILES string of the molecule is COc1cc2c3cc4c(cc3c3c(OC(=O)Cc5ccc6c(c5)OCO6)cc5cc6c(cc5c3c2cc1OC)OCO6)OCO4. The zero-order valence-electron chi connectivity index (χ0n) is 24.2. The molecule has 6 aromatic rings. The molecule has 45 heavy (non-hydrogen) atoms. The minimum atomic E-state index is -0.434. The van der Waals surface area contributed by atoms with E-state index in [9.17, 15) is 4.79 Å². The van der Waals surface area contributed by atoms with Crippen LogP contribution in [-0.2, 0) is 11.2 Å². The molecule has 0 aromatic heterocycles. The highest BCUT2D eigenvalue weighted by Gasteiger charge is 2.25. The van der Waals surface area contributed by atoms with Crippen LogP contribution in [0, 0.1) is 0 Å². The van der Waals surface area contributed by atoms with Crippen molar-refractivity contribution in [3.05, 3.63) is 66.2 Å². The number of esters is 1. The van der Waals surface area contributed by atoms with Gasteiger partial charge < -0.3 is 42.6 Å². The molecule has 0 saturated heterocycles. The van der Waals surface area contributed by atoms with Gasteiger partial charge in [-0.1, -0.05) is 6.07 Å². The fourth-order valence-electron chi connectivity index (χ4n) is 6.45. The summed E-state index contributed by atoms with van der Waals surface area (Å²) in [5.41, 5.74) is 0.744. The van der Waals surface area contributed by atoms with Crippen molar-refractivity contribution in [1.29, 1.82) is 0 Å². The molecule has 0 spiro atoms. The number of ether oxygens (including phenoxy) is 9. The van der Waals surface area contributed by atoms with Crippen LogP contribution in [0.25, 0.3) is 43.1 Å². The number of fused-ring (bicyclic) bond motifs is 11. The lowest BCUT2D eigenvalue weighted by molar-refractivity contribution is -0.133. The zero-order chi connectivity index (χ0) is 30.2. The fraction of sp³-hybridized carbons (Fsp3) is 0.171. The maximum atomic E-state index is 13.6. The van der Waals surface area contributed by atoms with Gasteiger partial charge in [0.1, 0.15) is 5.75 Å². The molecule has 0 amide bonds. The van der Waals surface area contributed by atoms with Gasteiger partial charge in [-0.25, -0.2) is 0 Å². The summed E-state index contributed by atoms with van der Waals surface area (Å²) in [7, 11) is 3.21. The van der Waals surface area contributed by atoms with Gasteiger partial charge in [0, 0.05) is 10.8 Å². The molecule has 9 rings (SSSR count). The minimum Gasteiger partial charge on any atom is -0.493 e. The van der Waals surface area contributed by atoms with Crippen LogP contribution in [0.1, 0.15) is 5.56 Å². The van der Waals surface area contributed by atoms with E-state index in [-0.39, 0.29) is 26.8 Å². The van der Waals surface area contributed by atoms with Crippen molar-refractivity contribution in [2.45, 2.75) is 6.42 Å². The van der Waals surface area contributed by atoms with E-state index < -0.39 is 5.97 Å². The van der Waals surface area contributed by atoms with Gasteiger partial charge in [0.05, 0.1) is 20.6 Å². The third-order valence-corrected chi connectivity index (χ3v) is 8.47. The van der Waals surface area contributed by atoms with Gasteiger partial charge in [-0.15, -0.1) is 0 Å². The molecule has 0 bridgehead atoms. The largest absolute Gasteiger partial charge is 0.493 e. The first kappa shape index (κ1) is 25.7. The highest BCUT2D eigenvalue weighted by Crippen LogP contribution is 2.51. The summed E-state index contributed by atoms with van der Waals surface area (Å²) in [4.78, 5) is 13.6. The first-order chi connectivity index (χ1) is 22.1. The van der Waals surface area contributed by atoms with Gasteiger partial charge in [-0.05, 0) is 92.5 Å². The Kier molecular flexibility index (Phi) is 5.49. The van der Waals surface area contributed by atoms with E-state index in [0.717, 1.165) is 48.7 Å². The summed E-state index contributed by atoms with van der Waals surface area (Å²) in [5, 5.41) is 6.74. The van der Waals surface area contributed by atoms with Crippen molar-refractivity contribution in [1.82, 2.24) is 0 Å². The van der Waals surface area contributed by atoms with E-state index in [4.69, 9.17) is 42.6 Å². The normalized spacial score (nSPS) is 14.1. The molecule has 3 aliphatic heterocycles. The molecule has 0 unspecified atom stereocenters. The van der Waals surface area contributed by atoms with Gasteiger partial charge in [0.2, 0.25) is 20.4 Å². The quantitative estimate of drug-likeness (QED) is 0.121. The van der Waals surface area contributed by atoms with Gasteiger partial charge in [-0.3, -0.25) is 4.79 Å². The average Bonchev–Trinajstić information content (AvgIpc) is 3.82. The van der Waals surface area contributed by atoms with E-state index in [1.54, 1.807) is 26.4 Å². The maximum absolute atomic E-state index is 13.6. The van der Waals surface area contributed by atoms with Crippen LogP contribution in [-0.4, -0.2) is 40.6 Å². The van der Waals surface area contributed by atoms with Crippen molar-refractivity contribution < 1.29 is 47.4 Å². The Labute approximate surface area is 255 Å². The average molecular weight is 605 g/mol. The molecule has 10 heteroatoms. The Morgan fingerprint density at radius 1 is 0.556 bits per heavy atom.